The summed E-state index contributed by atoms with van der Waals surface area (Å²) in [5.41, 5.74) is 0.675. The summed E-state index contributed by atoms with van der Waals surface area (Å²) in [4.78, 5) is 37.0. The van der Waals surface area contributed by atoms with Crippen molar-refractivity contribution >= 4 is 44.1 Å². The number of anilines is 1. The molecule has 0 aliphatic carbocycles. The standard InChI is InChI=1S/C18H20N2O6S2/c1-4-26-18(23)20-16(22)15-11(2)12(3)27-17(15)19-14(21)10-28(24,25)13-8-6-5-7-9-13/h5-9H,4,10H2,1-3H3,(H,19,21)(H,20,22,23). The molecule has 2 N–H and O–H groups in total. The Labute approximate surface area is 166 Å². The van der Waals surface area contributed by atoms with E-state index in [1.54, 1.807) is 39.0 Å². The summed E-state index contributed by atoms with van der Waals surface area (Å²) in [6, 6.07) is 7.61. The molecule has 1 heterocycles. The van der Waals surface area contributed by atoms with Crippen LogP contribution in [0, 0.1) is 13.8 Å². The first-order chi connectivity index (χ1) is 13.2. The first-order valence-electron chi connectivity index (χ1n) is 8.31. The molecule has 1 aromatic heterocycles. The molecule has 3 amide bonds. The van der Waals surface area contributed by atoms with E-state index >= 15 is 0 Å². The van der Waals surface area contributed by atoms with Crippen LogP contribution in [0.3, 0.4) is 0 Å². The fraction of sp³-hybridized carbons (Fsp3) is 0.278. The van der Waals surface area contributed by atoms with E-state index in [1.807, 2.05) is 0 Å². The minimum Gasteiger partial charge on any atom is -0.450 e. The molecule has 0 radical (unpaired) electrons. The van der Waals surface area contributed by atoms with Crippen LogP contribution in [0.4, 0.5) is 9.80 Å². The lowest BCUT2D eigenvalue weighted by atomic mass is 10.1. The molecule has 10 heteroatoms. The van der Waals surface area contributed by atoms with Gasteiger partial charge in [-0.2, -0.15) is 0 Å². The van der Waals surface area contributed by atoms with Crippen molar-refractivity contribution in [1.82, 2.24) is 5.32 Å². The zero-order valence-corrected chi connectivity index (χ0v) is 17.2. The molecular formula is C18H20N2O6S2. The number of hydrogen-bond acceptors (Lipinski definition) is 7. The number of ether oxygens (including phenoxy) is 1. The molecule has 0 unspecified atom stereocenters. The average molecular weight is 425 g/mol. The second-order valence-corrected chi connectivity index (χ2v) is 9.00. The first-order valence-corrected chi connectivity index (χ1v) is 10.8. The van der Waals surface area contributed by atoms with E-state index in [4.69, 9.17) is 0 Å². The molecule has 150 valence electrons. The highest BCUT2D eigenvalue weighted by Gasteiger charge is 2.25. The van der Waals surface area contributed by atoms with E-state index in [9.17, 15) is 22.8 Å². The molecule has 0 fully saturated rings. The van der Waals surface area contributed by atoms with E-state index in [0.717, 1.165) is 16.2 Å². The summed E-state index contributed by atoms with van der Waals surface area (Å²) in [6.45, 7) is 5.12. The lowest BCUT2D eigenvalue weighted by Gasteiger charge is -2.09. The van der Waals surface area contributed by atoms with Crippen molar-refractivity contribution in [2.75, 3.05) is 17.7 Å². The summed E-state index contributed by atoms with van der Waals surface area (Å²) in [5, 5.41) is 4.72. The number of rotatable bonds is 6. The molecule has 28 heavy (non-hydrogen) atoms. The average Bonchev–Trinajstić information content (AvgIpc) is 2.89. The quantitative estimate of drug-likeness (QED) is 0.736. The number of carbonyl (C=O) groups excluding carboxylic acids is 3. The maximum Gasteiger partial charge on any atom is 0.414 e. The second-order valence-electron chi connectivity index (χ2n) is 5.78. The van der Waals surface area contributed by atoms with E-state index in [1.165, 1.54) is 12.1 Å². The van der Waals surface area contributed by atoms with Crippen molar-refractivity contribution in [2.45, 2.75) is 25.7 Å². The van der Waals surface area contributed by atoms with Gasteiger partial charge in [0, 0.05) is 4.88 Å². The van der Waals surface area contributed by atoms with Gasteiger partial charge >= 0.3 is 6.09 Å². The third-order valence-electron chi connectivity index (χ3n) is 3.78. The van der Waals surface area contributed by atoms with Crippen LogP contribution < -0.4 is 10.6 Å². The number of imide groups is 1. The lowest BCUT2D eigenvalue weighted by molar-refractivity contribution is -0.113. The van der Waals surface area contributed by atoms with Gasteiger partial charge in [0.2, 0.25) is 5.91 Å². The Bertz CT molecular complexity index is 997. The lowest BCUT2D eigenvalue weighted by Crippen LogP contribution is -2.32. The molecule has 1 aromatic carbocycles. The molecule has 0 saturated carbocycles. The third kappa shape index (κ3) is 5.17. The Balaban J connectivity index is 2.20. The van der Waals surface area contributed by atoms with Crippen molar-refractivity contribution in [3.8, 4) is 0 Å². The molecule has 0 saturated heterocycles. The van der Waals surface area contributed by atoms with Crippen LogP contribution in [0.5, 0.6) is 0 Å². The number of carbonyl (C=O) groups is 3. The number of benzene rings is 1. The maximum atomic E-state index is 12.4. The van der Waals surface area contributed by atoms with Crippen LogP contribution in [-0.4, -0.2) is 38.7 Å². The van der Waals surface area contributed by atoms with Crippen molar-refractivity contribution in [2.24, 2.45) is 0 Å². The third-order valence-corrected chi connectivity index (χ3v) is 6.54. The number of aryl methyl sites for hydroxylation is 1. The molecule has 2 aromatic rings. The molecular weight excluding hydrogens is 404 g/mol. The van der Waals surface area contributed by atoms with Gasteiger partial charge in [0.1, 0.15) is 10.8 Å². The van der Waals surface area contributed by atoms with Gasteiger partial charge in [0.25, 0.3) is 5.91 Å². The number of amides is 3. The van der Waals surface area contributed by atoms with Crippen LogP contribution in [0.1, 0.15) is 27.7 Å². The van der Waals surface area contributed by atoms with Gasteiger partial charge < -0.3 is 10.1 Å². The maximum absolute atomic E-state index is 12.4. The first kappa shape index (κ1) is 21.6. The van der Waals surface area contributed by atoms with Crippen LogP contribution in [0.25, 0.3) is 0 Å². The van der Waals surface area contributed by atoms with Crippen LogP contribution >= 0.6 is 11.3 Å². The largest absolute Gasteiger partial charge is 0.450 e. The number of alkyl carbamates (subject to hydrolysis) is 1. The highest BCUT2D eigenvalue weighted by atomic mass is 32.2. The topological polar surface area (TPSA) is 119 Å². The van der Waals surface area contributed by atoms with E-state index < -0.39 is 33.5 Å². The highest BCUT2D eigenvalue weighted by Crippen LogP contribution is 2.32. The number of sulfone groups is 1. The zero-order chi connectivity index (χ0) is 20.9. The van der Waals surface area contributed by atoms with Gasteiger partial charge in [0.05, 0.1) is 17.1 Å². The molecule has 8 nitrogen and oxygen atoms in total. The summed E-state index contributed by atoms with van der Waals surface area (Å²) in [6.07, 6.45) is -0.903. The highest BCUT2D eigenvalue weighted by molar-refractivity contribution is 7.92. The number of nitrogens with one attached hydrogen (secondary N) is 2. The normalized spacial score (nSPS) is 11.0. The molecule has 0 atom stereocenters. The van der Waals surface area contributed by atoms with Gasteiger partial charge in [-0.25, -0.2) is 13.2 Å². The summed E-state index contributed by atoms with van der Waals surface area (Å²) in [7, 11) is -3.82. The fourth-order valence-electron chi connectivity index (χ4n) is 2.36. The van der Waals surface area contributed by atoms with Crippen molar-refractivity contribution in [1.29, 1.82) is 0 Å². The van der Waals surface area contributed by atoms with Crippen molar-refractivity contribution in [3.05, 3.63) is 46.3 Å². The van der Waals surface area contributed by atoms with Crippen molar-refractivity contribution < 1.29 is 27.5 Å². The SMILES string of the molecule is CCOC(=O)NC(=O)c1c(NC(=O)CS(=O)(=O)c2ccccc2)sc(C)c1C. The minimum atomic E-state index is -3.82. The summed E-state index contributed by atoms with van der Waals surface area (Å²) >= 11 is 1.12. The summed E-state index contributed by atoms with van der Waals surface area (Å²) in [5.74, 6) is -2.29. The van der Waals surface area contributed by atoms with Crippen LogP contribution in [0.15, 0.2) is 35.2 Å². The van der Waals surface area contributed by atoms with Crippen LogP contribution in [-0.2, 0) is 19.4 Å². The zero-order valence-electron chi connectivity index (χ0n) is 15.6. The smallest absolute Gasteiger partial charge is 0.414 e. The Morgan fingerprint density at radius 1 is 1.11 bits per heavy atom. The second kappa shape index (κ2) is 8.98. The van der Waals surface area contributed by atoms with Gasteiger partial charge in [-0.1, -0.05) is 18.2 Å². The predicted octanol–water partition coefficient (Wildman–Crippen LogP) is 2.66. The van der Waals surface area contributed by atoms with E-state index in [2.05, 4.69) is 15.4 Å². The van der Waals surface area contributed by atoms with Gasteiger partial charge in [0.15, 0.2) is 9.84 Å². The molecule has 0 bridgehead atoms. The Hall–Kier alpha value is -2.72. The van der Waals surface area contributed by atoms with Gasteiger partial charge in [-0.3, -0.25) is 14.9 Å². The van der Waals surface area contributed by atoms with Crippen molar-refractivity contribution in [3.63, 3.8) is 0 Å². The van der Waals surface area contributed by atoms with Crippen LogP contribution in [0.2, 0.25) is 0 Å². The molecule has 0 aliphatic heterocycles. The Kier molecular flexibility index (Phi) is 6.92. The summed E-state index contributed by atoms with van der Waals surface area (Å²) < 4.78 is 29.4. The van der Waals surface area contributed by atoms with Gasteiger partial charge in [-0.05, 0) is 38.5 Å². The molecule has 2 rings (SSSR count). The molecule has 0 aliphatic rings. The van der Waals surface area contributed by atoms with E-state index in [-0.39, 0.29) is 22.1 Å². The Morgan fingerprint density at radius 2 is 1.75 bits per heavy atom. The fourth-order valence-corrected chi connectivity index (χ4v) is 4.59. The Morgan fingerprint density at radius 3 is 2.36 bits per heavy atom. The minimum absolute atomic E-state index is 0.0315. The van der Waals surface area contributed by atoms with E-state index in [0.29, 0.717) is 5.56 Å². The number of thiophene rings is 1. The molecule has 0 spiro atoms. The number of hydrogen-bond donors (Lipinski definition) is 2. The monoisotopic (exact) mass is 424 g/mol. The predicted molar refractivity (Wildman–Crippen MR) is 105 cm³/mol. The van der Waals surface area contributed by atoms with Gasteiger partial charge in [-0.15, -0.1) is 11.3 Å².